The van der Waals surface area contributed by atoms with Crippen LogP contribution in [0.15, 0.2) is 12.4 Å². The third kappa shape index (κ3) is 2.47. The highest BCUT2D eigenvalue weighted by molar-refractivity contribution is 6.31. The lowest BCUT2D eigenvalue weighted by molar-refractivity contribution is 0.0852. The molecule has 0 saturated carbocycles. The van der Waals surface area contributed by atoms with E-state index in [1.54, 1.807) is 12.4 Å². The van der Waals surface area contributed by atoms with Gasteiger partial charge in [-0.05, 0) is 12.8 Å². The molecule has 1 aromatic heterocycles. The molecule has 0 aliphatic carbocycles. The second-order valence-electron chi connectivity index (χ2n) is 3.77. The summed E-state index contributed by atoms with van der Waals surface area (Å²) >= 11 is 0. The van der Waals surface area contributed by atoms with Gasteiger partial charge in [0.15, 0.2) is 0 Å². The van der Waals surface area contributed by atoms with E-state index in [0.29, 0.717) is 11.5 Å². The summed E-state index contributed by atoms with van der Waals surface area (Å²) in [5, 5.41) is 0. The van der Waals surface area contributed by atoms with Crippen molar-refractivity contribution in [1.82, 2.24) is 9.97 Å². The minimum absolute atomic E-state index is 0.474. The highest BCUT2D eigenvalue weighted by Gasteiger charge is 2.19. The van der Waals surface area contributed by atoms with E-state index in [4.69, 9.17) is 12.6 Å². The van der Waals surface area contributed by atoms with Gasteiger partial charge in [0.25, 0.3) is 0 Å². The Labute approximate surface area is 91.1 Å². The van der Waals surface area contributed by atoms with E-state index in [1.807, 2.05) is 7.05 Å². The second-order valence-corrected chi connectivity index (χ2v) is 3.77. The number of ether oxygens (including phenoxy) is 1. The van der Waals surface area contributed by atoms with Crippen molar-refractivity contribution in [2.24, 2.45) is 0 Å². The first-order valence-corrected chi connectivity index (χ1v) is 5.15. The van der Waals surface area contributed by atoms with Crippen molar-refractivity contribution in [3.05, 3.63) is 12.4 Å². The Balaban J connectivity index is 2.05. The van der Waals surface area contributed by atoms with Crippen LogP contribution in [0.25, 0.3) is 0 Å². The average Bonchev–Trinajstić information content (AvgIpc) is 2.30. The van der Waals surface area contributed by atoms with Gasteiger partial charge >= 0.3 is 0 Å². The minimum Gasteiger partial charge on any atom is -0.381 e. The minimum atomic E-state index is 0.474. The van der Waals surface area contributed by atoms with Gasteiger partial charge in [0, 0.05) is 38.7 Å². The Morgan fingerprint density at radius 2 is 1.93 bits per heavy atom. The van der Waals surface area contributed by atoms with Crippen LogP contribution >= 0.6 is 0 Å². The molecule has 1 aromatic rings. The third-order valence-corrected chi connectivity index (χ3v) is 2.71. The Morgan fingerprint density at radius 1 is 1.33 bits per heavy atom. The maximum Gasteiger partial charge on any atom is 0.225 e. The topological polar surface area (TPSA) is 38.2 Å². The zero-order valence-corrected chi connectivity index (χ0v) is 8.89. The van der Waals surface area contributed by atoms with Crippen molar-refractivity contribution in [3.63, 3.8) is 0 Å². The molecule has 0 N–H and O–H groups in total. The summed E-state index contributed by atoms with van der Waals surface area (Å²) < 4.78 is 5.32. The van der Waals surface area contributed by atoms with Crippen LogP contribution < -0.4 is 10.4 Å². The van der Waals surface area contributed by atoms with Crippen molar-refractivity contribution in [2.45, 2.75) is 18.9 Å². The van der Waals surface area contributed by atoms with Crippen LogP contribution in [0.4, 0.5) is 5.95 Å². The third-order valence-electron chi connectivity index (χ3n) is 2.71. The fourth-order valence-electron chi connectivity index (χ4n) is 1.75. The molecular weight excluding hydrogens is 189 g/mol. The molecule has 4 nitrogen and oxygen atoms in total. The highest BCUT2D eigenvalue weighted by atomic mass is 16.5. The van der Waals surface area contributed by atoms with Crippen molar-refractivity contribution in [2.75, 3.05) is 25.2 Å². The highest BCUT2D eigenvalue weighted by Crippen LogP contribution is 2.16. The predicted molar refractivity (Wildman–Crippen MR) is 59.7 cm³/mol. The molecule has 1 saturated heterocycles. The van der Waals surface area contributed by atoms with E-state index >= 15 is 0 Å². The summed E-state index contributed by atoms with van der Waals surface area (Å²) in [5.41, 5.74) is 0.596. The van der Waals surface area contributed by atoms with Crippen LogP contribution in [0.1, 0.15) is 12.8 Å². The van der Waals surface area contributed by atoms with Crippen molar-refractivity contribution in [3.8, 4) is 0 Å². The van der Waals surface area contributed by atoms with Crippen molar-refractivity contribution in [1.29, 1.82) is 0 Å². The summed E-state index contributed by atoms with van der Waals surface area (Å²) in [4.78, 5) is 10.5. The van der Waals surface area contributed by atoms with Gasteiger partial charge in [0.1, 0.15) is 7.85 Å². The lowest BCUT2D eigenvalue weighted by atomic mass is 10.0. The van der Waals surface area contributed by atoms with Crippen LogP contribution in [-0.2, 0) is 4.74 Å². The normalized spacial score (nSPS) is 17.7. The first kappa shape index (κ1) is 10.4. The van der Waals surface area contributed by atoms with Crippen molar-refractivity contribution < 1.29 is 4.74 Å². The summed E-state index contributed by atoms with van der Waals surface area (Å²) in [5.74, 6) is 0.733. The molecule has 2 radical (unpaired) electrons. The van der Waals surface area contributed by atoms with Crippen LogP contribution in [0.5, 0.6) is 0 Å². The summed E-state index contributed by atoms with van der Waals surface area (Å²) in [6.07, 6.45) is 5.34. The van der Waals surface area contributed by atoms with Crippen molar-refractivity contribution >= 4 is 19.3 Å². The molecule has 15 heavy (non-hydrogen) atoms. The standard InChI is InChI=1S/C10H14BN3O/c1-14(9-2-4-15-5-3-9)10-12-6-8(11)7-13-10/h6-7,9H,2-5H2,1H3. The largest absolute Gasteiger partial charge is 0.381 e. The van der Waals surface area contributed by atoms with E-state index in [-0.39, 0.29) is 0 Å². The number of anilines is 1. The molecule has 5 heteroatoms. The van der Waals surface area contributed by atoms with Crippen LogP contribution in [0.3, 0.4) is 0 Å². The molecule has 0 spiro atoms. The number of hydrogen-bond acceptors (Lipinski definition) is 4. The van der Waals surface area contributed by atoms with Gasteiger partial charge in [0.2, 0.25) is 5.95 Å². The lowest BCUT2D eigenvalue weighted by Gasteiger charge is -2.31. The molecule has 0 amide bonds. The molecule has 2 rings (SSSR count). The number of hydrogen-bond donors (Lipinski definition) is 0. The van der Waals surface area contributed by atoms with Gasteiger partial charge in [-0.1, -0.05) is 5.46 Å². The molecule has 1 aliphatic rings. The average molecular weight is 203 g/mol. The fourth-order valence-corrected chi connectivity index (χ4v) is 1.75. The fraction of sp³-hybridized carbons (Fsp3) is 0.600. The molecule has 0 unspecified atom stereocenters. The van der Waals surface area contributed by atoms with E-state index in [2.05, 4.69) is 14.9 Å². The van der Waals surface area contributed by atoms with E-state index < -0.39 is 0 Å². The lowest BCUT2D eigenvalue weighted by Crippen LogP contribution is -2.37. The maximum atomic E-state index is 5.54. The number of aromatic nitrogens is 2. The molecule has 0 bridgehead atoms. The first-order valence-electron chi connectivity index (χ1n) is 5.15. The Hall–Kier alpha value is -1.10. The second kappa shape index (κ2) is 4.62. The molecule has 1 aliphatic heterocycles. The Morgan fingerprint density at radius 3 is 2.53 bits per heavy atom. The molecule has 0 atom stereocenters. The zero-order valence-electron chi connectivity index (χ0n) is 8.89. The Kier molecular flexibility index (Phi) is 3.21. The van der Waals surface area contributed by atoms with Gasteiger partial charge in [-0.15, -0.1) is 0 Å². The van der Waals surface area contributed by atoms with Gasteiger partial charge in [-0.3, -0.25) is 0 Å². The van der Waals surface area contributed by atoms with E-state index in [9.17, 15) is 0 Å². The van der Waals surface area contributed by atoms with E-state index in [0.717, 1.165) is 32.0 Å². The van der Waals surface area contributed by atoms with Crippen LogP contribution in [0.2, 0.25) is 0 Å². The van der Waals surface area contributed by atoms with E-state index in [1.165, 1.54) is 0 Å². The summed E-state index contributed by atoms with van der Waals surface area (Å²) in [6.45, 7) is 1.65. The summed E-state index contributed by atoms with van der Waals surface area (Å²) in [7, 11) is 7.56. The quantitative estimate of drug-likeness (QED) is 0.628. The molecule has 2 heterocycles. The predicted octanol–water partition coefficient (Wildman–Crippen LogP) is -0.114. The summed E-state index contributed by atoms with van der Waals surface area (Å²) in [6, 6.07) is 0.474. The Bertz CT molecular complexity index is 311. The van der Waals surface area contributed by atoms with Gasteiger partial charge in [-0.25, -0.2) is 9.97 Å². The van der Waals surface area contributed by atoms with Gasteiger partial charge in [0.05, 0.1) is 0 Å². The molecular formula is C10H14BN3O. The van der Waals surface area contributed by atoms with Crippen LogP contribution in [0, 0.1) is 0 Å². The SMILES string of the molecule is [B]c1cnc(N(C)C2CCOCC2)nc1. The van der Waals surface area contributed by atoms with Crippen LogP contribution in [-0.4, -0.2) is 44.1 Å². The van der Waals surface area contributed by atoms with Gasteiger partial charge < -0.3 is 9.64 Å². The van der Waals surface area contributed by atoms with Gasteiger partial charge in [-0.2, -0.15) is 0 Å². The maximum absolute atomic E-state index is 5.54. The monoisotopic (exact) mass is 203 g/mol. The molecule has 0 aromatic carbocycles. The first-order chi connectivity index (χ1) is 7.27. The zero-order chi connectivity index (χ0) is 10.7. The smallest absolute Gasteiger partial charge is 0.225 e. The molecule has 1 fully saturated rings. The number of nitrogens with zero attached hydrogens (tertiary/aromatic N) is 3. The number of rotatable bonds is 2. The molecule has 78 valence electrons.